The fourth-order valence-electron chi connectivity index (χ4n) is 1.49. The van der Waals surface area contributed by atoms with E-state index in [1.54, 1.807) is 0 Å². The average Bonchev–Trinajstić information content (AvgIpc) is 2.33. The minimum absolute atomic E-state index is 0.772. The fraction of sp³-hybridized carbons (Fsp3) is 0.154. The molecule has 1 aromatic carbocycles. The van der Waals surface area contributed by atoms with Crippen molar-refractivity contribution in [2.45, 2.75) is 6.92 Å². The summed E-state index contributed by atoms with van der Waals surface area (Å²) in [6.45, 7) is 1.99. The van der Waals surface area contributed by atoms with Crippen LogP contribution in [-0.4, -0.2) is 12.0 Å². The van der Waals surface area contributed by atoms with Crippen molar-refractivity contribution in [3.63, 3.8) is 0 Å². The van der Waals surface area contributed by atoms with Crippen molar-refractivity contribution in [1.82, 2.24) is 4.98 Å². The molecule has 16 heavy (non-hydrogen) atoms. The Kier molecular flexibility index (Phi) is 3.11. The van der Waals surface area contributed by atoms with Crippen LogP contribution in [0.25, 0.3) is 11.3 Å². The molecule has 0 bridgehead atoms. The third kappa shape index (κ3) is 2.17. The lowest BCUT2D eigenvalue weighted by molar-refractivity contribution is 1.28. The van der Waals surface area contributed by atoms with Gasteiger partial charge in [0.25, 0.3) is 0 Å². The number of benzene rings is 1. The highest BCUT2D eigenvalue weighted by molar-refractivity contribution is 6.31. The number of nitrogens with zero attached hydrogens (tertiary/aromatic N) is 1. The van der Waals surface area contributed by atoms with Crippen LogP contribution in [0, 0.1) is 6.92 Å². The largest absolute Gasteiger partial charge is 0.373 e. The van der Waals surface area contributed by atoms with Crippen molar-refractivity contribution in [2.24, 2.45) is 0 Å². The van der Waals surface area contributed by atoms with Gasteiger partial charge in [-0.25, -0.2) is 4.98 Å². The molecule has 0 atom stereocenters. The molecule has 0 radical (unpaired) electrons. The number of nitrogens with one attached hydrogen (secondary N) is 1. The van der Waals surface area contributed by atoms with Gasteiger partial charge in [0.2, 0.25) is 0 Å². The maximum absolute atomic E-state index is 6.09. The lowest BCUT2D eigenvalue weighted by atomic mass is 10.1. The molecule has 0 unspecified atom stereocenters. The molecule has 0 saturated heterocycles. The molecule has 1 heterocycles. The summed E-state index contributed by atoms with van der Waals surface area (Å²) in [7, 11) is 1.86. The monoisotopic (exact) mass is 232 g/mol. The van der Waals surface area contributed by atoms with E-state index in [0.29, 0.717) is 0 Å². The van der Waals surface area contributed by atoms with Gasteiger partial charge in [-0.1, -0.05) is 29.8 Å². The van der Waals surface area contributed by atoms with Gasteiger partial charge in [-0.15, -0.1) is 0 Å². The second kappa shape index (κ2) is 4.54. The van der Waals surface area contributed by atoms with E-state index in [1.165, 1.54) is 0 Å². The van der Waals surface area contributed by atoms with E-state index in [4.69, 9.17) is 11.6 Å². The molecule has 1 aromatic heterocycles. The van der Waals surface area contributed by atoms with Crippen molar-refractivity contribution in [1.29, 1.82) is 0 Å². The van der Waals surface area contributed by atoms with Crippen LogP contribution in [0.15, 0.2) is 36.4 Å². The number of pyridine rings is 1. The van der Waals surface area contributed by atoms with E-state index >= 15 is 0 Å². The van der Waals surface area contributed by atoms with Gasteiger partial charge in [0, 0.05) is 17.6 Å². The fourth-order valence-corrected chi connectivity index (χ4v) is 1.67. The van der Waals surface area contributed by atoms with Crippen LogP contribution in [0.4, 0.5) is 5.82 Å². The van der Waals surface area contributed by atoms with E-state index in [-0.39, 0.29) is 0 Å². The van der Waals surface area contributed by atoms with Crippen LogP contribution < -0.4 is 5.32 Å². The van der Waals surface area contributed by atoms with Crippen molar-refractivity contribution >= 4 is 17.4 Å². The van der Waals surface area contributed by atoms with Gasteiger partial charge in [-0.3, -0.25) is 0 Å². The molecular weight excluding hydrogens is 220 g/mol. The number of rotatable bonds is 2. The van der Waals surface area contributed by atoms with Crippen molar-refractivity contribution in [3.05, 3.63) is 47.0 Å². The van der Waals surface area contributed by atoms with Gasteiger partial charge in [0.15, 0.2) is 0 Å². The molecule has 1 N–H and O–H groups in total. The summed E-state index contributed by atoms with van der Waals surface area (Å²) >= 11 is 6.09. The minimum Gasteiger partial charge on any atom is -0.373 e. The third-order valence-corrected chi connectivity index (χ3v) is 2.88. The summed E-state index contributed by atoms with van der Waals surface area (Å²) in [5.74, 6) is 0.856. The molecule has 0 spiro atoms. The summed E-state index contributed by atoms with van der Waals surface area (Å²) in [6, 6.07) is 11.9. The molecule has 0 aliphatic rings. The summed E-state index contributed by atoms with van der Waals surface area (Å²) in [4.78, 5) is 4.46. The van der Waals surface area contributed by atoms with E-state index in [9.17, 15) is 0 Å². The molecule has 0 fully saturated rings. The van der Waals surface area contributed by atoms with Crippen LogP contribution in [0.5, 0.6) is 0 Å². The molecule has 3 heteroatoms. The van der Waals surface area contributed by atoms with Crippen LogP contribution in [-0.2, 0) is 0 Å². The van der Waals surface area contributed by atoms with E-state index < -0.39 is 0 Å². The summed E-state index contributed by atoms with van der Waals surface area (Å²) in [5.41, 5.74) is 3.04. The first kappa shape index (κ1) is 11.0. The first-order chi connectivity index (χ1) is 7.70. The van der Waals surface area contributed by atoms with Gasteiger partial charge in [-0.2, -0.15) is 0 Å². The zero-order chi connectivity index (χ0) is 11.5. The van der Waals surface area contributed by atoms with Crippen LogP contribution in [0.2, 0.25) is 5.02 Å². The molecule has 2 aromatic rings. The van der Waals surface area contributed by atoms with Gasteiger partial charge in [-0.05, 0) is 30.7 Å². The zero-order valence-corrected chi connectivity index (χ0v) is 10.0. The number of hydrogen-bond acceptors (Lipinski definition) is 2. The van der Waals surface area contributed by atoms with Crippen LogP contribution in [0.3, 0.4) is 0 Å². The quantitative estimate of drug-likeness (QED) is 0.853. The minimum atomic E-state index is 0.772. The Balaban J connectivity index is 2.46. The topological polar surface area (TPSA) is 24.9 Å². The summed E-state index contributed by atoms with van der Waals surface area (Å²) < 4.78 is 0. The van der Waals surface area contributed by atoms with Crippen molar-refractivity contribution in [2.75, 3.05) is 12.4 Å². The number of halogens is 1. The Morgan fingerprint density at radius 2 is 2.00 bits per heavy atom. The zero-order valence-electron chi connectivity index (χ0n) is 9.29. The second-order valence-electron chi connectivity index (χ2n) is 3.62. The highest BCUT2D eigenvalue weighted by atomic mass is 35.5. The maximum Gasteiger partial charge on any atom is 0.126 e. The average molecular weight is 233 g/mol. The van der Waals surface area contributed by atoms with E-state index in [1.807, 2.05) is 50.4 Å². The number of hydrogen-bond donors (Lipinski definition) is 1. The summed E-state index contributed by atoms with van der Waals surface area (Å²) in [5, 5.41) is 3.79. The Bertz CT molecular complexity index is 509. The molecule has 0 aliphatic carbocycles. The third-order valence-electron chi connectivity index (χ3n) is 2.47. The molecule has 0 amide bonds. The lowest BCUT2D eigenvalue weighted by Gasteiger charge is -2.05. The van der Waals surface area contributed by atoms with Crippen LogP contribution in [0.1, 0.15) is 5.56 Å². The van der Waals surface area contributed by atoms with Gasteiger partial charge < -0.3 is 5.32 Å². The summed E-state index contributed by atoms with van der Waals surface area (Å²) in [6.07, 6.45) is 0. The number of aryl methyl sites for hydroxylation is 1. The Hall–Kier alpha value is -1.54. The molecule has 0 saturated carbocycles. The van der Waals surface area contributed by atoms with Crippen LogP contribution >= 0.6 is 11.6 Å². The number of aromatic nitrogens is 1. The molecular formula is C13H13ClN2. The van der Waals surface area contributed by atoms with E-state index in [2.05, 4.69) is 10.3 Å². The Morgan fingerprint density at radius 1 is 1.19 bits per heavy atom. The van der Waals surface area contributed by atoms with Gasteiger partial charge in [0.1, 0.15) is 5.82 Å². The van der Waals surface area contributed by atoms with E-state index in [0.717, 1.165) is 27.7 Å². The Morgan fingerprint density at radius 3 is 2.69 bits per heavy atom. The van der Waals surface area contributed by atoms with Gasteiger partial charge >= 0.3 is 0 Å². The number of anilines is 1. The van der Waals surface area contributed by atoms with Gasteiger partial charge in [0.05, 0.1) is 5.69 Å². The second-order valence-corrected chi connectivity index (χ2v) is 4.03. The standard InChI is InChI=1S/C13H13ClN2/c1-9-6-7-10(8-11(9)14)12-4-3-5-13(15-2)16-12/h3-8H,1-2H3,(H,15,16). The first-order valence-electron chi connectivity index (χ1n) is 5.12. The smallest absolute Gasteiger partial charge is 0.126 e. The normalized spacial score (nSPS) is 10.2. The maximum atomic E-state index is 6.09. The predicted molar refractivity (Wildman–Crippen MR) is 69.0 cm³/mol. The Labute approximate surface area is 100 Å². The highest BCUT2D eigenvalue weighted by Crippen LogP contribution is 2.24. The first-order valence-corrected chi connectivity index (χ1v) is 5.50. The van der Waals surface area contributed by atoms with Crippen molar-refractivity contribution < 1.29 is 0 Å². The molecule has 82 valence electrons. The molecule has 2 rings (SSSR count). The highest BCUT2D eigenvalue weighted by Gasteiger charge is 2.02. The van der Waals surface area contributed by atoms with Crippen molar-refractivity contribution in [3.8, 4) is 11.3 Å². The SMILES string of the molecule is CNc1cccc(-c2ccc(C)c(Cl)c2)n1. The lowest BCUT2D eigenvalue weighted by Crippen LogP contribution is -1.93. The predicted octanol–water partition coefficient (Wildman–Crippen LogP) is 3.75. The molecule has 2 nitrogen and oxygen atoms in total. The molecule has 0 aliphatic heterocycles.